The van der Waals surface area contributed by atoms with E-state index in [9.17, 15) is 9.59 Å². The van der Waals surface area contributed by atoms with E-state index >= 15 is 0 Å². The van der Waals surface area contributed by atoms with E-state index in [1.54, 1.807) is 24.0 Å². The van der Waals surface area contributed by atoms with Crippen molar-refractivity contribution >= 4 is 17.8 Å². The van der Waals surface area contributed by atoms with Gasteiger partial charge < -0.3 is 38.8 Å². The molecular formula is C29H37N3O7. The summed E-state index contributed by atoms with van der Waals surface area (Å²) in [5, 5.41) is 2.99. The number of urea groups is 1. The Morgan fingerprint density at radius 2 is 1.67 bits per heavy atom. The second kappa shape index (κ2) is 12.4. The number of nitrogens with zero attached hydrogens (tertiary/aromatic N) is 2. The summed E-state index contributed by atoms with van der Waals surface area (Å²) in [6.07, 6.45) is 5.33. The second-order valence-corrected chi connectivity index (χ2v) is 10.2. The number of nitrogens with one attached hydrogen (secondary N) is 1. The highest BCUT2D eigenvalue weighted by atomic mass is 16.6. The Hall–Kier alpha value is -3.82. The van der Waals surface area contributed by atoms with Crippen molar-refractivity contribution in [3.05, 3.63) is 42.5 Å². The van der Waals surface area contributed by atoms with Crippen LogP contribution in [-0.2, 0) is 4.74 Å². The van der Waals surface area contributed by atoms with Crippen molar-refractivity contribution in [1.82, 2.24) is 9.80 Å². The molecule has 39 heavy (non-hydrogen) atoms. The minimum absolute atomic E-state index is 0.0277. The highest BCUT2D eigenvalue weighted by Crippen LogP contribution is 2.34. The van der Waals surface area contributed by atoms with Crippen LogP contribution in [0.3, 0.4) is 0 Å². The Morgan fingerprint density at radius 1 is 0.949 bits per heavy atom. The van der Waals surface area contributed by atoms with Crippen LogP contribution in [0.2, 0.25) is 0 Å². The van der Waals surface area contributed by atoms with E-state index < -0.39 is 0 Å². The largest absolute Gasteiger partial charge is 0.497 e. The molecule has 2 aromatic carbocycles. The van der Waals surface area contributed by atoms with Crippen LogP contribution in [0.1, 0.15) is 38.5 Å². The number of hydrogen-bond donors (Lipinski definition) is 1. The molecule has 2 saturated heterocycles. The Kier molecular flexibility index (Phi) is 8.48. The van der Waals surface area contributed by atoms with Gasteiger partial charge in [0.15, 0.2) is 17.6 Å². The molecule has 1 N–H and O–H groups in total. The Bertz CT molecular complexity index is 1130. The first kappa shape index (κ1) is 26.8. The van der Waals surface area contributed by atoms with Gasteiger partial charge in [0.2, 0.25) is 0 Å². The van der Waals surface area contributed by atoms with Gasteiger partial charge >= 0.3 is 12.1 Å². The number of likely N-dealkylation sites (tertiary alicyclic amines) is 1. The average Bonchev–Trinajstić information content (AvgIpc) is 3.61. The number of amides is 3. The van der Waals surface area contributed by atoms with E-state index in [0.717, 1.165) is 18.6 Å². The molecule has 3 fully saturated rings. The summed E-state index contributed by atoms with van der Waals surface area (Å²) in [5.41, 5.74) is 0.666. The first-order valence-electron chi connectivity index (χ1n) is 13.7. The predicted molar refractivity (Wildman–Crippen MR) is 145 cm³/mol. The summed E-state index contributed by atoms with van der Waals surface area (Å²) in [6, 6.07) is 12.6. The third-order valence-electron chi connectivity index (χ3n) is 7.60. The number of piperidine rings is 1. The number of benzene rings is 2. The van der Waals surface area contributed by atoms with Gasteiger partial charge in [-0.3, -0.25) is 0 Å². The normalized spacial score (nSPS) is 20.1. The van der Waals surface area contributed by atoms with Crippen LogP contribution in [-0.4, -0.2) is 80.6 Å². The smallest absolute Gasteiger partial charge is 0.410 e. The van der Waals surface area contributed by atoms with Crippen molar-refractivity contribution in [2.45, 2.75) is 56.8 Å². The van der Waals surface area contributed by atoms with Gasteiger partial charge in [0.05, 0.1) is 26.9 Å². The van der Waals surface area contributed by atoms with Crippen molar-refractivity contribution in [3.63, 3.8) is 0 Å². The molecule has 210 valence electrons. The first-order chi connectivity index (χ1) is 19.0. The number of rotatable bonds is 9. The van der Waals surface area contributed by atoms with E-state index in [1.807, 2.05) is 42.5 Å². The molecule has 0 aromatic heterocycles. The second-order valence-electron chi connectivity index (χ2n) is 10.2. The van der Waals surface area contributed by atoms with Gasteiger partial charge in [-0.25, -0.2) is 9.59 Å². The molecule has 2 heterocycles. The third kappa shape index (κ3) is 6.61. The Balaban J connectivity index is 1.09. The summed E-state index contributed by atoms with van der Waals surface area (Å²) in [5.74, 6) is 2.76. The van der Waals surface area contributed by atoms with E-state index in [4.69, 9.17) is 23.7 Å². The lowest BCUT2D eigenvalue weighted by Crippen LogP contribution is -2.48. The van der Waals surface area contributed by atoms with Crippen LogP contribution in [0.25, 0.3) is 0 Å². The molecule has 3 aliphatic rings. The highest BCUT2D eigenvalue weighted by Gasteiger charge is 2.38. The summed E-state index contributed by atoms with van der Waals surface area (Å²) >= 11 is 0. The summed E-state index contributed by atoms with van der Waals surface area (Å²) in [4.78, 5) is 29.1. The van der Waals surface area contributed by atoms with E-state index in [0.29, 0.717) is 55.4 Å². The maximum absolute atomic E-state index is 13.0. The first-order valence-corrected chi connectivity index (χ1v) is 13.7. The molecule has 0 bridgehead atoms. The molecule has 1 unspecified atom stereocenters. The van der Waals surface area contributed by atoms with E-state index in [1.165, 1.54) is 12.8 Å². The third-order valence-corrected chi connectivity index (χ3v) is 7.60. The lowest BCUT2D eigenvalue weighted by Gasteiger charge is -2.35. The molecule has 2 aliphatic heterocycles. The summed E-state index contributed by atoms with van der Waals surface area (Å²) in [7, 11) is 3.23. The van der Waals surface area contributed by atoms with Crippen molar-refractivity contribution in [1.29, 1.82) is 0 Å². The van der Waals surface area contributed by atoms with Crippen LogP contribution in [0.5, 0.6) is 23.0 Å². The SMILES string of the molecule is COc1ccc(OCC2CN(C3CCN(C(=O)Nc4ccc(OC)c(OC5CCCC5)c4)CC3)C(=O)O2)cc1. The number of carbonyl (C=O) groups is 2. The van der Waals surface area contributed by atoms with Crippen molar-refractivity contribution in [3.8, 4) is 23.0 Å². The lowest BCUT2D eigenvalue weighted by molar-refractivity contribution is 0.0991. The standard InChI is InChI=1S/C29H37N3O7/c1-35-22-8-10-23(11-9-22)37-19-25-18-32(29(34)39-25)21-13-15-31(16-14-21)28(33)30-20-7-12-26(36-2)27(17-20)38-24-5-3-4-6-24/h7-12,17,21,24-25H,3-6,13-16,18-19H2,1-2H3,(H,30,33). The molecule has 0 spiro atoms. The zero-order valence-electron chi connectivity index (χ0n) is 22.6. The van der Waals surface area contributed by atoms with Gasteiger partial charge in [0.25, 0.3) is 0 Å². The molecule has 0 radical (unpaired) electrons. The molecule has 10 heteroatoms. The van der Waals surface area contributed by atoms with Crippen molar-refractivity contribution in [2.24, 2.45) is 0 Å². The molecule has 2 aromatic rings. The van der Waals surface area contributed by atoms with Crippen LogP contribution in [0.15, 0.2) is 42.5 Å². The van der Waals surface area contributed by atoms with Gasteiger partial charge in [-0.2, -0.15) is 0 Å². The number of anilines is 1. The molecule has 1 aliphatic carbocycles. The molecule has 3 amide bonds. The van der Waals surface area contributed by atoms with Gasteiger partial charge in [0, 0.05) is 30.9 Å². The molecule has 1 saturated carbocycles. The predicted octanol–water partition coefficient (Wildman–Crippen LogP) is 4.92. The van der Waals surface area contributed by atoms with Crippen molar-refractivity contribution in [2.75, 3.05) is 45.8 Å². The summed E-state index contributed by atoms with van der Waals surface area (Å²) in [6.45, 7) is 1.86. The zero-order valence-corrected chi connectivity index (χ0v) is 22.6. The molecule has 1 atom stereocenters. The average molecular weight is 540 g/mol. The molecule has 10 nitrogen and oxygen atoms in total. The number of ether oxygens (including phenoxy) is 5. The fourth-order valence-corrected chi connectivity index (χ4v) is 5.40. The van der Waals surface area contributed by atoms with E-state index in [-0.39, 0.29) is 37.0 Å². The number of hydrogen-bond acceptors (Lipinski definition) is 7. The summed E-state index contributed by atoms with van der Waals surface area (Å²) < 4.78 is 28.1. The highest BCUT2D eigenvalue weighted by molar-refractivity contribution is 5.89. The number of carbonyl (C=O) groups excluding carboxylic acids is 2. The topological polar surface area (TPSA) is 98.8 Å². The van der Waals surface area contributed by atoms with Crippen LogP contribution < -0.4 is 24.3 Å². The zero-order chi connectivity index (χ0) is 27.2. The minimum atomic E-state index is -0.336. The van der Waals surface area contributed by atoms with Gasteiger partial charge in [-0.15, -0.1) is 0 Å². The van der Waals surface area contributed by atoms with Gasteiger partial charge in [-0.1, -0.05) is 0 Å². The van der Waals surface area contributed by atoms with E-state index in [2.05, 4.69) is 5.32 Å². The Labute approximate surface area is 229 Å². The fourth-order valence-electron chi connectivity index (χ4n) is 5.40. The monoisotopic (exact) mass is 539 g/mol. The molecule has 5 rings (SSSR count). The van der Waals surface area contributed by atoms with Crippen LogP contribution in [0, 0.1) is 0 Å². The minimum Gasteiger partial charge on any atom is -0.497 e. The lowest BCUT2D eigenvalue weighted by atomic mass is 10.0. The van der Waals surface area contributed by atoms with Gasteiger partial charge in [-0.05, 0) is 74.9 Å². The fraction of sp³-hybridized carbons (Fsp3) is 0.517. The van der Waals surface area contributed by atoms with Crippen LogP contribution >= 0.6 is 0 Å². The Morgan fingerprint density at radius 3 is 2.36 bits per heavy atom. The quantitative estimate of drug-likeness (QED) is 0.483. The number of cyclic esters (lactones) is 1. The van der Waals surface area contributed by atoms with Crippen molar-refractivity contribution < 1.29 is 33.3 Å². The molecular weight excluding hydrogens is 502 g/mol. The maximum Gasteiger partial charge on any atom is 0.410 e. The number of methoxy groups -OCH3 is 2. The van der Waals surface area contributed by atoms with Crippen LogP contribution in [0.4, 0.5) is 15.3 Å². The van der Waals surface area contributed by atoms with Gasteiger partial charge in [0.1, 0.15) is 18.1 Å². The maximum atomic E-state index is 13.0.